The second-order valence-electron chi connectivity index (χ2n) is 10.2. The lowest BCUT2D eigenvalue weighted by molar-refractivity contribution is 0.0469. The zero-order valence-electron chi connectivity index (χ0n) is 24.1. The van der Waals surface area contributed by atoms with Gasteiger partial charge < -0.3 is 19.3 Å². The molecule has 0 atom stereocenters. The molecule has 1 aliphatic heterocycles. The fourth-order valence-corrected chi connectivity index (χ4v) is 4.76. The van der Waals surface area contributed by atoms with E-state index in [1.165, 1.54) is 18.2 Å². The van der Waals surface area contributed by atoms with Crippen molar-refractivity contribution in [3.63, 3.8) is 0 Å². The van der Waals surface area contributed by atoms with E-state index in [0.29, 0.717) is 25.9 Å². The minimum atomic E-state index is -0.681. The van der Waals surface area contributed by atoms with Gasteiger partial charge in [0.25, 0.3) is 11.8 Å². The maximum Gasteiger partial charge on any atom is 0.356 e. The van der Waals surface area contributed by atoms with Gasteiger partial charge in [-0.05, 0) is 48.2 Å². The molecule has 0 fully saturated rings. The molecule has 224 valence electrons. The molecule has 0 saturated heterocycles. The second-order valence-corrected chi connectivity index (χ2v) is 10.2. The van der Waals surface area contributed by atoms with Crippen LogP contribution in [0.5, 0.6) is 0 Å². The number of ether oxygens (including phenoxy) is 2. The number of rotatable bonds is 4. The Morgan fingerprint density at radius 3 is 1.32 bits per heavy atom. The molecule has 0 saturated carbocycles. The summed E-state index contributed by atoms with van der Waals surface area (Å²) in [7, 11) is 0. The lowest BCUT2D eigenvalue weighted by Gasteiger charge is -2.24. The van der Waals surface area contributed by atoms with E-state index < -0.39 is 11.9 Å². The molecule has 10 heteroatoms. The molecule has 0 radical (unpaired) electrons. The van der Waals surface area contributed by atoms with Gasteiger partial charge in [-0.2, -0.15) is 0 Å². The van der Waals surface area contributed by atoms with Crippen LogP contribution in [0, 0.1) is 0 Å². The van der Waals surface area contributed by atoms with Crippen molar-refractivity contribution in [3.05, 3.63) is 131 Å². The van der Waals surface area contributed by atoms with Gasteiger partial charge in [0.05, 0.1) is 13.2 Å². The number of fused-ring (bicyclic) bond motifs is 4. The fraction of sp³-hybridized carbons (Fsp3) is 0.235. The molecule has 0 aliphatic carbocycles. The maximum atomic E-state index is 13.8. The summed E-state index contributed by atoms with van der Waals surface area (Å²) in [6.07, 6.45) is 0.686. The first-order valence-corrected chi connectivity index (χ1v) is 14.4. The molecule has 5 rings (SSSR count). The van der Waals surface area contributed by atoms with Crippen LogP contribution in [-0.2, 0) is 22.6 Å². The Hall–Kier alpha value is -5.38. The normalized spacial score (nSPS) is 15.4. The van der Waals surface area contributed by atoms with Gasteiger partial charge in [0.15, 0.2) is 0 Å². The van der Waals surface area contributed by atoms with Gasteiger partial charge in [-0.15, -0.1) is 0 Å². The van der Waals surface area contributed by atoms with Crippen molar-refractivity contribution in [2.45, 2.75) is 25.9 Å². The van der Waals surface area contributed by atoms with Crippen LogP contribution in [0.3, 0.4) is 0 Å². The monoisotopic (exact) mass is 592 g/mol. The smallest absolute Gasteiger partial charge is 0.356 e. The van der Waals surface area contributed by atoms with Gasteiger partial charge >= 0.3 is 11.9 Å². The number of nitrogens with zero attached hydrogens (tertiary/aromatic N) is 4. The number of amides is 2. The summed E-state index contributed by atoms with van der Waals surface area (Å²) >= 11 is 0. The van der Waals surface area contributed by atoms with E-state index in [0.717, 1.165) is 11.1 Å². The van der Waals surface area contributed by atoms with Crippen molar-refractivity contribution < 1.29 is 28.7 Å². The quantitative estimate of drug-likeness (QED) is 0.316. The van der Waals surface area contributed by atoms with Gasteiger partial charge in [0.1, 0.15) is 22.8 Å². The summed E-state index contributed by atoms with van der Waals surface area (Å²) in [6, 6.07) is 28.3. The van der Waals surface area contributed by atoms with E-state index in [1.807, 2.05) is 60.7 Å². The van der Waals surface area contributed by atoms with Crippen LogP contribution in [-0.4, -0.2) is 69.8 Å². The standard InChI is InChI=1S/C34H32N4O6/c39-31-27-15-7-16-28(35-27)32(40)38(24-26-13-5-2-6-14-26)20-10-22-44-34(42)30-18-8-17-29(36-30)33(41)43-21-9-19-37(31)23-25-11-3-1-4-12-25/h1-8,11-18H,9-10,19-24H2. The predicted molar refractivity (Wildman–Crippen MR) is 161 cm³/mol. The first kappa shape index (κ1) is 30.1. The third-order valence-corrected chi connectivity index (χ3v) is 6.97. The molecule has 44 heavy (non-hydrogen) atoms. The zero-order chi connectivity index (χ0) is 30.7. The SMILES string of the molecule is O=C1OCCCN(Cc2ccccc2)C(=O)c2cccc(n2)C(=O)N(Cc2ccccc2)CCCOC(=O)c2cccc1n2. The molecule has 1 aliphatic rings. The largest absolute Gasteiger partial charge is 0.461 e. The van der Waals surface area contributed by atoms with Gasteiger partial charge in [-0.25, -0.2) is 19.6 Å². The summed E-state index contributed by atoms with van der Waals surface area (Å²) in [5.74, 6) is -2.06. The van der Waals surface area contributed by atoms with E-state index >= 15 is 0 Å². The molecule has 2 aromatic heterocycles. The number of hydrogen-bond donors (Lipinski definition) is 0. The van der Waals surface area contributed by atoms with Gasteiger partial charge in [0.2, 0.25) is 0 Å². The van der Waals surface area contributed by atoms with Crippen LogP contribution in [0.2, 0.25) is 0 Å². The molecule has 0 spiro atoms. The molecular weight excluding hydrogens is 560 g/mol. The summed E-state index contributed by atoms with van der Waals surface area (Å²) in [4.78, 5) is 64.7. The Morgan fingerprint density at radius 2 is 0.886 bits per heavy atom. The number of esters is 2. The van der Waals surface area contributed by atoms with Crippen LogP contribution in [0.15, 0.2) is 97.1 Å². The van der Waals surface area contributed by atoms with Crippen molar-refractivity contribution in [2.24, 2.45) is 0 Å². The van der Waals surface area contributed by atoms with Crippen molar-refractivity contribution in [2.75, 3.05) is 26.3 Å². The Labute approximate surface area is 255 Å². The molecule has 2 amide bonds. The van der Waals surface area contributed by atoms with E-state index in [-0.39, 0.29) is 60.9 Å². The number of carbonyl (C=O) groups is 4. The van der Waals surface area contributed by atoms with Gasteiger partial charge in [-0.3, -0.25) is 9.59 Å². The first-order chi connectivity index (χ1) is 21.5. The van der Waals surface area contributed by atoms with Crippen molar-refractivity contribution in [1.82, 2.24) is 19.8 Å². The number of pyridine rings is 2. The topological polar surface area (TPSA) is 119 Å². The minimum absolute atomic E-state index is 0.0216. The minimum Gasteiger partial charge on any atom is -0.461 e. The highest BCUT2D eigenvalue weighted by Crippen LogP contribution is 2.15. The summed E-state index contributed by atoms with van der Waals surface area (Å²) in [5, 5.41) is 0. The van der Waals surface area contributed by atoms with Crippen LogP contribution in [0.1, 0.15) is 65.9 Å². The van der Waals surface area contributed by atoms with E-state index in [4.69, 9.17) is 9.47 Å². The summed E-state index contributed by atoms with van der Waals surface area (Å²) in [5.41, 5.74) is 2.06. The van der Waals surface area contributed by atoms with Crippen LogP contribution < -0.4 is 0 Å². The maximum absolute atomic E-state index is 13.8. The van der Waals surface area contributed by atoms with Gasteiger partial charge in [0, 0.05) is 26.2 Å². The highest BCUT2D eigenvalue weighted by molar-refractivity contribution is 5.96. The average molecular weight is 593 g/mol. The van der Waals surface area contributed by atoms with E-state index in [1.54, 1.807) is 28.0 Å². The Balaban J connectivity index is 1.44. The summed E-state index contributed by atoms with van der Waals surface area (Å²) < 4.78 is 10.8. The molecular formula is C34H32N4O6. The number of benzene rings is 2. The lowest BCUT2D eigenvalue weighted by Crippen LogP contribution is -2.35. The second kappa shape index (κ2) is 14.7. The Bertz CT molecular complexity index is 1500. The number of hydrogen-bond acceptors (Lipinski definition) is 8. The molecule has 0 unspecified atom stereocenters. The van der Waals surface area contributed by atoms with Gasteiger partial charge in [-0.1, -0.05) is 72.8 Å². The van der Waals surface area contributed by atoms with Crippen molar-refractivity contribution >= 4 is 23.8 Å². The molecule has 2 aromatic carbocycles. The zero-order valence-corrected chi connectivity index (χ0v) is 24.1. The van der Waals surface area contributed by atoms with Crippen molar-refractivity contribution in [3.8, 4) is 0 Å². The third kappa shape index (κ3) is 7.91. The highest BCUT2D eigenvalue weighted by atomic mass is 16.5. The Kier molecular flexibility index (Phi) is 10.0. The number of cyclic esters (lactones) is 2. The number of carbonyl (C=O) groups excluding carboxylic acids is 4. The molecule has 10 nitrogen and oxygen atoms in total. The molecule has 4 aromatic rings. The average Bonchev–Trinajstić information content (AvgIpc) is 3.07. The van der Waals surface area contributed by atoms with E-state index in [2.05, 4.69) is 9.97 Å². The predicted octanol–water partition coefficient (Wildman–Crippen LogP) is 4.57. The van der Waals surface area contributed by atoms with Crippen LogP contribution in [0.25, 0.3) is 0 Å². The third-order valence-electron chi connectivity index (χ3n) is 6.97. The Morgan fingerprint density at radius 1 is 0.500 bits per heavy atom. The number of aromatic nitrogens is 2. The molecule has 4 bridgehead atoms. The van der Waals surface area contributed by atoms with Crippen LogP contribution in [0.4, 0.5) is 0 Å². The molecule has 3 heterocycles. The highest BCUT2D eigenvalue weighted by Gasteiger charge is 2.23. The lowest BCUT2D eigenvalue weighted by atomic mass is 10.1. The van der Waals surface area contributed by atoms with Crippen molar-refractivity contribution in [1.29, 1.82) is 0 Å². The first-order valence-electron chi connectivity index (χ1n) is 14.4. The summed E-state index contributed by atoms with van der Waals surface area (Å²) in [6.45, 7) is 1.18. The molecule has 0 N–H and O–H groups in total. The van der Waals surface area contributed by atoms with Crippen LogP contribution >= 0.6 is 0 Å². The fourth-order valence-electron chi connectivity index (χ4n) is 4.76. The van der Waals surface area contributed by atoms with E-state index in [9.17, 15) is 19.2 Å².